The summed E-state index contributed by atoms with van der Waals surface area (Å²) in [5.74, 6) is 0. The molecule has 0 aliphatic heterocycles. The van der Waals surface area contributed by atoms with Gasteiger partial charge in [0, 0.05) is 30.4 Å². The molecule has 0 unspecified atom stereocenters. The number of nitrogens with one attached hydrogen (secondary N) is 1. The second-order valence-corrected chi connectivity index (χ2v) is 7.94. The van der Waals surface area contributed by atoms with Crippen molar-refractivity contribution in [2.24, 2.45) is 5.41 Å². The van der Waals surface area contributed by atoms with E-state index in [4.69, 9.17) is 0 Å². The van der Waals surface area contributed by atoms with E-state index in [2.05, 4.69) is 28.6 Å². The topological polar surface area (TPSA) is 24.9 Å². The Balaban J connectivity index is 1.52. The zero-order chi connectivity index (χ0) is 14.2. The van der Waals surface area contributed by atoms with Crippen LogP contribution in [0.5, 0.6) is 0 Å². The highest BCUT2D eigenvalue weighted by Crippen LogP contribution is 2.61. The first-order chi connectivity index (χ1) is 10.3. The summed E-state index contributed by atoms with van der Waals surface area (Å²) in [7, 11) is 0. The van der Waals surface area contributed by atoms with Gasteiger partial charge in [-0.1, -0.05) is 31.7 Å². The molecule has 0 atom stereocenters. The van der Waals surface area contributed by atoms with Crippen LogP contribution in [-0.2, 0) is 5.41 Å². The maximum absolute atomic E-state index is 4.40. The molecule has 1 N–H and O–H groups in total. The molecule has 21 heavy (non-hydrogen) atoms. The second kappa shape index (κ2) is 5.39. The molecule has 0 aromatic carbocycles. The lowest BCUT2D eigenvalue weighted by Crippen LogP contribution is -2.55. The van der Waals surface area contributed by atoms with Crippen molar-refractivity contribution >= 4 is 0 Å². The van der Waals surface area contributed by atoms with Crippen molar-refractivity contribution in [1.29, 1.82) is 0 Å². The number of pyridine rings is 1. The van der Waals surface area contributed by atoms with E-state index in [1.54, 1.807) is 0 Å². The first-order valence-electron chi connectivity index (χ1n) is 8.94. The summed E-state index contributed by atoms with van der Waals surface area (Å²) in [5, 5.41) is 3.81. The summed E-state index contributed by atoms with van der Waals surface area (Å²) < 4.78 is 0. The first-order valence-corrected chi connectivity index (χ1v) is 8.94. The number of nitrogens with zero attached hydrogens (tertiary/aromatic N) is 1. The van der Waals surface area contributed by atoms with Crippen molar-refractivity contribution in [3.8, 4) is 0 Å². The molecule has 0 saturated heterocycles. The Hall–Kier alpha value is -0.890. The van der Waals surface area contributed by atoms with Crippen molar-refractivity contribution in [1.82, 2.24) is 10.3 Å². The van der Waals surface area contributed by atoms with Crippen LogP contribution in [0, 0.1) is 5.41 Å². The van der Waals surface area contributed by atoms with Gasteiger partial charge in [-0.2, -0.15) is 0 Å². The molecule has 1 aromatic rings. The number of hydrogen-bond acceptors (Lipinski definition) is 2. The van der Waals surface area contributed by atoms with Gasteiger partial charge in [0.2, 0.25) is 0 Å². The molecule has 3 aliphatic carbocycles. The second-order valence-electron chi connectivity index (χ2n) is 7.94. The van der Waals surface area contributed by atoms with Crippen LogP contribution in [0.25, 0.3) is 0 Å². The standard InChI is InChI=1S/C19H28N2/c1-2-4-10-18(9-3-1)13-19(14-18,15-21-17-7-8-17)16-6-5-11-20-12-16/h5-6,11-12,17,21H,1-4,7-10,13-15H2. The Morgan fingerprint density at radius 1 is 1.10 bits per heavy atom. The Bertz CT molecular complexity index is 462. The van der Waals surface area contributed by atoms with Gasteiger partial charge in [-0.05, 0) is 55.6 Å². The molecule has 3 saturated carbocycles. The van der Waals surface area contributed by atoms with Gasteiger partial charge in [0.05, 0.1) is 0 Å². The van der Waals surface area contributed by atoms with Gasteiger partial charge in [-0.15, -0.1) is 0 Å². The van der Waals surface area contributed by atoms with Crippen LogP contribution >= 0.6 is 0 Å². The monoisotopic (exact) mass is 284 g/mol. The molecule has 0 amide bonds. The zero-order valence-corrected chi connectivity index (χ0v) is 13.1. The van der Waals surface area contributed by atoms with Gasteiger partial charge in [0.25, 0.3) is 0 Å². The summed E-state index contributed by atoms with van der Waals surface area (Å²) in [4.78, 5) is 4.40. The largest absolute Gasteiger partial charge is 0.313 e. The molecule has 4 rings (SSSR count). The number of hydrogen-bond donors (Lipinski definition) is 1. The molecule has 1 spiro atoms. The Labute approximate surface area is 128 Å². The Morgan fingerprint density at radius 3 is 2.48 bits per heavy atom. The minimum absolute atomic E-state index is 0.376. The lowest BCUT2D eigenvalue weighted by Gasteiger charge is -2.57. The maximum atomic E-state index is 4.40. The molecule has 2 nitrogen and oxygen atoms in total. The highest BCUT2D eigenvalue weighted by molar-refractivity contribution is 5.29. The molecule has 2 heteroatoms. The van der Waals surface area contributed by atoms with Gasteiger partial charge >= 0.3 is 0 Å². The minimum atomic E-state index is 0.376. The average molecular weight is 284 g/mol. The Morgan fingerprint density at radius 2 is 1.86 bits per heavy atom. The quantitative estimate of drug-likeness (QED) is 0.896. The maximum Gasteiger partial charge on any atom is 0.0306 e. The summed E-state index contributed by atoms with van der Waals surface area (Å²) in [6.07, 6.45) is 18.4. The smallest absolute Gasteiger partial charge is 0.0306 e. The molecule has 0 bridgehead atoms. The molecule has 1 aromatic heterocycles. The van der Waals surface area contributed by atoms with E-state index in [1.807, 2.05) is 6.20 Å². The third-order valence-electron chi connectivity index (χ3n) is 6.17. The molecular weight excluding hydrogens is 256 g/mol. The SMILES string of the molecule is c1cncc(C2(CNC3CC3)CC3(CCCCCC3)C2)c1. The van der Waals surface area contributed by atoms with Crippen molar-refractivity contribution in [3.05, 3.63) is 30.1 Å². The predicted octanol–water partition coefficient (Wildman–Crippen LogP) is 4.21. The van der Waals surface area contributed by atoms with Gasteiger partial charge < -0.3 is 5.32 Å². The Kier molecular flexibility index (Phi) is 3.53. The van der Waals surface area contributed by atoms with E-state index in [1.165, 1.54) is 76.3 Å². The van der Waals surface area contributed by atoms with E-state index >= 15 is 0 Å². The highest BCUT2D eigenvalue weighted by atomic mass is 15.0. The van der Waals surface area contributed by atoms with Gasteiger partial charge in [0.1, 0.15) is 0 Å². The van der Waals surface area contributed by atoms with Crippen LogP contribution in [0.1, 0.15) is 69.8 Å². The molecule has 3 fully saturated rings. The van der Waals surface area contributed by atoms with Gasteiger partial charge in [0.15, 0.2) is 0 Å². The van der Waals surface area contributed by atoms with Gasteiger partial charge in [-0.25, -0.2) is 0 Å². The normalized spacial score (nSPS) is 27.0. The molecule has 0 radical (unpaired) electrons. The summed E-state index contributed by atoms with van der Waals surface area (Å²) in [6, 6.07) is 5.24. The fourth-order valence-electron chi connectivity index (χ4n) is 4.95. The van der Waals surface area contributed by atoms with Crippen molar-refractivity contribution < 1.29 is 0 Å². The highest BCUT2D eigenvalue weighted by Gasteiger charge is 2.54. The number of rotatable bonds is 4. The van der Waals surface area contributed by atoms with E-state index < -0.39 is 0 Å². The van der Waals surface area contributed by atoms with Crippen molar-refractivity contribution in [2.45, 2.75) is 75.7 Å². The van der Waals surface area contributed by atoms with Crippen LogP contribution in [0.3, 0.4) is 0 Å². The van der Waals surface area contributed by atoms with Crippen LogP contribution in [0.2, 0.25) is 0 Å². The van der Waals surface area contributed by atoms with Crippen LogP contribution in [-0.4, -0.2) is 17.6 Å². The van der Waals surface area contributed by atoms with Crippen molar-refractivity contribution in [2.75, 3.05) is 6.54 Å². The van der Waals surface area contributed by atoms with Crippen LogP contribution in [0.4, 0.5) is 0 Å². The average Bonchev–Trinajstić information content (AvgIpc) is 3.31. The van der Waals surface area contributed by atoms with Gasteiger partial charge in [-0.3, -0.25) is 4.98 Å². The van der Waals surface area contributed by atoms with Crippen LogP contribution in [0.15, 0.2) is 24.5 Å². The van der Waals surface area contributed by atoms with E-state index in [0.717, 1.165) is 6.04 Å². The summed E-state index contributed by atoms with van der Waals surface area (Å²) >= 11 is 0. The molecular formula is C19H28N2. The first kappa shape index (κ1) is 13.8. The van der Waals surface area contributed by atoms with E-state index in [-0.39, 0.29) is 0 Å². The third kappa shape index (κ3) is 2.75. The minimum Gasteiger partial charge on any atom is -0.313 e. The molecule has 114 valence electrons. The van der Waals surface area contributed by atoms with Crippen molar-refractivity contribution in [3.63, 3.8) is 0 Å². The fourth-order valence-corrected chi connectivity index (χ4v) is 4.95. The summed E-state index contributed by atoms with van der Waals surface area (Å²) in [5.41, 5.74) is 2.52. The summed E-state index contributed by atoms with van der Waals surface area (Å²) in [6.45, 7) is 1.17. The lowest BCUT2D eigenvalue weighted by molar-refractivity contribution is 0.00573. The predicted molar refractivity (Wildman–Crippen MR) is 86.3 cm³/mol. The number of aromatic nitrogens is 1. The fraction of sp³-hybridized carbons (Fsp3) is 0.737. The lowest BCUT2D eigenvalue weighted by atomic mass is 9.48. The molecule has 1 heterocycles. The zero-order valence-electron chi connectivity index (χ0n) is 13.1. The molecule has 3 aliphatic rings. The third-order valence-corrected chi connectivity index (χ3v) is 6.17. The van der Waals surface area contributed by atoms with E-state index in [9.17, 15) is 0 Å². The van der Waals surface area contributed by atoms with E-state index in [0.29, 0.717) is 10.8 Å². The van der Waals surface area contributed by atoms with Crippen LogP contribution < -0.4 is 5.32 Å².